The largest absolute Gasteiger partial charge is 0.480 e. The fraction of sp³-hybridized carbons (Fsp3) is 0.667. The first-order valence-corrected chi connectivity index (χ1v) is 6.82. The van der Waals surface area contributed by atoms with Crippen molar-refractivity contribution in [2.45, 2.75) is 12.5 Å². The van der Waals surface area contributed by atoms with E-state index >= 15 is 0 Å². The molecule has 0 radical (unpaired) electrons. The number of carboxylic acid groups (broad SMARTS) is 1. The second-order valence-electron chi connectivity index (χ2n) is 4.07. The number of esters is 1. The van der Waals surface area contributed by atoms with Crippen LogP contribution >= 0.6 is 0 Å². The van der Waals surface area contributed by atoms with Gasteiger partial charge in [0.25, 0.3) is 10.1 Å². The molecule has 9 nitrogen and oxygen atoms in total. The van der Waals surface area contributed by atoms with Gasteiger partial charge in [0.1, 0.15) is 11.8 Å². The molecule has 1 amide bonds. The van der Waals surface area contributed by atoms with Gasteiger partial charge in [0.05, 0.1) is 13.0 Å². The van der Waals surface area contributed by atoms with E-state index in [9.17, 15) is 22.8 Å². The van der Waals surface area contributed by atoms with Gasteiger partial charge in [-0.15, -0.1) is 0 Å². The van der Waals surface area contributed by atoms with Crippen LogP contribution in [-0.2, 0) is 29.2 Å². The lowest BCUT2D eigenvalue weighted by molar-refractivity contribution is -0.148. The molecule has 1 fully saturated rings. The summed E-state index contributed by atoms with van der Waals surface area (Å²) in [5.74, 6) is -4.88. The van der Waals surface area contributed by atoms with Gasteiger partial charge in [-0.05, 0) is 0 Å². The van der Waals surface area contributed by atoms with E-state index in [1.54, 1.807) is 0 Å². The molecule has 0 saturated carbocycles. The average Bonchev–Trinajstić information content (AvgIpc) is 2.65. The number of likely N-dealkylation sites (tertiary alicyclic amines) is 1. The maximum Gasteiger partial charge on any atom is 0.327 e. The van der Waals surface area contributed by atoms with Crippen molar-refractivity contribution in [2.24, 2.45) is 5.92 Å². The van der Waals surface area contributed by atoms with Crippen molar-refractivity contribution >= 4 is 28.0 Å². The molecule has 0 aromatic rings. The summed E-state index contributed by atoms with van der Waals surface area (Å²) in [6, 6.07) is -1.72. The number of amides is 1. The van der Waals surface area contributed by atoms with E-state index < -0.39 is 45.7 Å². The Morgan fingerprint density at radius 2 is 2.11 bits per heavy atom. The van der Waals surface area contributed by atoms with Crippen LogP contribution in [0.5, 0.6) is 0 Å². The van der Waals surface area contributed by atoms with E-state index in [0.717, 1.165) is 12.0 Å². The van der Waals surface area contributed by atoms with Gasteiger partial charge in [0.15, 0.2) is 0 Å². The van der Waals surface area contributed by atoms with Crippen LogP contribution in [-0.4, -0.2) is 66.3 Å². The highest BCUT2D eigenvalue weighted by molar-refractivity contribution is 7.85. The smallest absolute Gasteiger partial charge is 0.327 e. The number of methoxy groups -OCH3 is 1. The van der Waals surface area contributed by atoms with E-state index in [-0.39, 0.29) is 13.0 Å². The highest BCUT2D eigenvalue weighted by Gasteiger charge is 2.42. The zero-order chi connectivity index (χ0) is 14.8. The van der Waals surface area contributed by atoms with Gasteiger partial charge in [-0.25, -0.2) is 4.79 Å². The summed E-state index contributed by atoms with van der Waals surface area (Å²) in [5.41, 5.74) is 0. The number of rotatable bonds is 5. The highest BCUT2D eigenvalue weighted by Crippen LogP contribution is 2.22. The molecular weight excluding hydrogens is 282 g/mol. The number of ether oxygens (including phenoxy) is 1. The molecule has 0 aromatic heterocycles. The predicted octanol–water partition coefficient (Wildman–Crippen LogP) is -1.65. The third-order valence-corrected chi connectivity index (χ3v) is 3.46. The van der Waals surface area contributed by atoms with Gasteiger partial charge in [-0.1, -0.05) is 0 Å². The Morgan fingerprint density at radius 3 is 2.53 bits per heavy atom. The number of nitrogens with zero attached hydrogens (tertiary/aromatic N) is 1. The normalized spacial score (nSPS) is 21.3. The van der Waals surface area contributed by atoms with E-state index in [4.69, 9.17) is 9.66 Å². The highest BCUT2D eigenvalue weighted by atomic mass is 32.2. The van der Waals surface area contributed by atoms with Gasteiger partial charge in [0.2, 0.25) is 5.91 Å². The Balaban J connectivity index is 2.90. The quantitative estimate of drug-likeness (QED) is 0.454. The lowest BCUT2D eigenvalue weighted by Crippen LogP contribution is -2.46. The first-order chi connectivity index (χ1) is 8.65. The molecule has 0 aliphatic carbocycles. The molecular formula is C9H13NO8S. The molecule has 2 N–H and O–H groups in total. The summed E-state index contributed by atoms with van der Waals surface area (Å²) < 4.78 is 34.6. The van der Waals surface area contributed by atoms with Crippen LogP contribution in [0.2, 0.25) is 0 Å². The molecule has 108 valence electrons. The van der Waals surface area contributed by atoms with Crippen molar-refractivity contribution in [1.82, 2.24) is 4.90 Å². The van der Waals surface area contributed by atoms with Crippen LogP contribution in [0, 0.1) is 5.92 Å². The Hall–Kier alpha value is -1.68. The van der Waals surface area contributed by atoms with E-state index in [0.29, 0.717) is 0 Å². The Labute approximate surface area is 108 Å². The predicted molar refractivity (Wildman–Crippen MR) is 59.7 cm³/mol. The van der Waals surface area contributed by atoms with Crippen LogP contribution in [0.3, 0.4) is 0 Å². The van der Waals surface area contributed by atoms with E-state index in [1.165, 1.54) is 0 Å². The molecule has 19 heavy (non-hydrogen) atoms. The number of hydrogen-bond donors (Lipinski definition) is 2. The zero-order valence-electron chi connectivity index (χ0n) is 9.98. The fourth-order valence-electron chi connectivity index (χ4n) is 1.85. The van der Waals surface area contributed by atoms with Crippen LogP contribution in [0.25, 0.3) is 0 Å². The maximum absolute atomic E-state index is 11.6. The van der Waals surface area contributed by atoms with Gasteiger partial charge < -0.3 is 14.7 Å². The molecule has 1 aliphatic heterocycles. The molecule has 1 heterocycles. The standard InChI is InChI=1S/C9H13NO8S/c1-18-9(14)5-2-7(11)10(3-5)6(8(12)13)4-19(15,16)17/h5-6H,2-4H2,1H3,(H,12,13)(H,15,16,17). The van der Waals surface area contributed by atoms with Crippen LogP contribution < -0.4 is 0 Å². The molecule has 10 heteroatoms. The third-order valence-electron chi connectivity index (χ3n) is 2.72. The van der Waals surface area contributed by atoms with Crippen molar-refractivity contribution in [3.63, 3.8) is 0 Å². The molecule has 2 unspecified atom stereocenters. The van der Waals surface area contributed by atoms with Crippen molar-refractivity contribution in [2.75, 3.05) is 19.4 Å². The minimum atomic E-state index is -4.56. The SMILES string of the molecule is COC(=O)C1CC(=O)N(C(CS(=O)(=O)O)C(=O)O)C1. The minimum absolute atomic E-state index is 0.248. The lowest BCUT2D eigenvalue weighted by atomic mass is 10.1. The van der Waals surface area contributed by atoms with Crippen LogP contribution in [0.1, 0.15) is 6.42 Å². The number of carbonyl (C=O) groups excluding carboxylic acids is 2. The summed E-state index contributed by atoms with van der Waals surface area (Å²) in [6.07, 6.45) is -0.248. The second kappa shape index (κ2) is 5.53. The van der Waals surface area contributed by atoms with Gasteiger partial charge in [-0.3, -0.25) is 14.1 Å². The fourth-order valence-corrected chi connectivity index (χ4v) is 2.57. The number of carbonyl (C=O) groups is 3. The third kappa shape index (κ3) is 3.89. The topological polar surface area (TPSA) is 138 Å². The van der Waals surface area contributed by atoms with Crippen molar-refractivity contribution < 1.29 is 37.2 Å². The number of aliphatic carboxylic acids is 1. The first-order valence-electron chi connectivity index (χ1n) is 5.21. The van der Waals surface area contributed by atoms with Crippen LogP contribution in [0.15, 0.2) is 0 Å². The maximum atomic E-state index is 11.6. The Morgan fingerprint density at radius 1 is 1.53 bits per heavy atom. The average molecular weight is 295 g/mol. The minimum Gasteiger partial charge on any atom is -0.480 e. The molecule has 0 spiro atoms. The van der Waals surface area contributed by atoms with Gasteiger partial charge in [0, 0.05) is 13.0 Å². The summed E-state index contributed by atoms with van der Waals surface area (Å²) >= 11 is 0. The van der Waals surface area contributed by atoms with Crippen molar-refractivity contribution in [3.8, 4) is 0 Å². The molecule has 0 aromatic carbocycles. The molecule has 1 aliphatic rings. The summed E-state index contributed by atoms with van der Waals surface area (Å²) in [5, 5.41) is 8.91. The number of hydrogen-bond acceptors (Lipinski definition) is 6. The molecule has 2 atom stereocenters. The summed E-state index contributed by atoms with van der Waals surface area (Å²) in [6.45, 7) is -0.252. The summed E-state index contributed by atoms with van der Waals surface area (Å²) in [7, 11) is -3.44. The zero-order valence-corrected chi connectivity index (χ0v) is 10.8. The molecule has 0 bridgehead atoms. The lowest BCUT2D eigenvalue weighted by Gasteiger charge is -2.23. The molecule has 1 rings (SSSR count). The summed E-state index contributed by atoms with van der Waals surface area (Å²) in [4.78, 5) is 34.6. The van der Waals surface area contributed by atoms with Gasteiger partial charge in [-0.2, -0.15) is 8.42 Å². The second-order valence-corrected chi connectivity index (χ2v) is 5.57. The Bertz CT molecular complexity index is 498. The number of carboxylic acids is 1. The van der Waals surface area contributed by atoms with Crippen molar-refractivity contribution in [3.05, 3.63) is 0 Å². The van der Waals surface area contributed by atoms with Gasteiger partial charge >= 0.3 is 11.9 Å². The van der Waals surface area contributed by atoms with Crippen molar-refractivity contribution in [1.29, 1.82) is 0 Å². The first kappa shape index (κ1) is 15.4. The molecule has 1 saturated heterocycles. The van der Waals surface area contributed by atoms with Crippen LogP contribution in [0.4, 0.5) is 0 Å². The Kier molecular flexibility index (Phi) is 4.48. The van der Waals surface area contributed by atoms with E-state index in [1.807, 2.05) is 0 Å². The van der Waals surface area contributed by atoms with E-state index in [2.05, 4.69) is 4.74 Å². The monoisotopic (exact) mass is 295 g/mol.